The number of nitrogens with zero attached hydrogens (tertiary/aromatic N) is 1. The molecule has 3 rings (SSSR count). The molecular weight excluding hydrogens is 446 g/mol. The summed E-state index contributed by atoms with van der Waals surface area (Å²) in [5, 5.41) is 6.73. The molecule has 0 aliphatic carbocycles. The molecule has 168 valence electrons. The van der Waals surface area contributed by atoms with Crippen LogP contribution in [0.15, 0.2) is 71.8 Å². The molecular formula is C24H20ClN3O5. The Morgan fingerprint density at radius 3 is 2.42 bits per heavy atom. The Kier molecular flexibility index (Phi) is 7.77. The van der Waals surface area contributed by atoms with Crippen LogP contribution in [0.1, 0.15) is 21.5 Å². The van der Waals surface area contributed by atoms with E-state index in [0.717, 1.165) is 0 Å². The van der Waals surface area contributed by atoms with E-state index in [-0.39, 0.29) is 5.75 Å². The minimum Gasteiger partial charge on any atom is -0.493 e. The van der Waals surface area contributed by atoms with Crippen LogP contribution in [-0.2, 0) is 9.59 Å². The fraction of sp³-hybridized carbons (Fsp3) is 0.0833. The number of nitrogens with one attached hydrogen (secondary N) is 2. The van der Waals surface area contributed by atoms with Gasteiger partial charge in [-0.3, -0.25) is 9.59 Å². The first kappa shape index (κ1) is 23.5. The second-order valence-electron chi connectivity index (χ2n) is 6.73. The standard InChI is InChI=1S/C24H20ClN3O5/c1-15-18(25)9-6-10-19(15)27-22(29)23(30)28-26-14-16-11-12-20(21(13-16)32-2)33-24(31)17-7-4-3-5-8-17/h3-14H,1-2H3,(H,27,29)(H,28,30). The van der Waals surface area contributed by atoms with Crippen molar-refractivity contribution in [1.29, 1.82) is 0 Å². The maximum Gasteiger partial charge on any atom is 0.343 e. The van der Waals surface area contributed by atoms with Crippen molar-refractivity contribution in [3.63, 3.8) is 0 Å². The summed E-state index contributed by atoms with van der Waals surface area (Å²) in [7, 11) is 1.43. The maximum absolute atomic E-state index is 12.3. The SMILES string of the molecule is COc1cc(C=NNC(=O)C(=O)Nc2cccc(Cl)c2C)ccc1OC(=O)c1ccccc1. The third-order valence-corrected chi connectivity index (χ3v) is 4.91. The van der Waals surface area contributed by atoms with Gasteiger partial charge in [-0.05, 0) is 60.5 Å². The summed E-state index contributed by atoms with van der Waals surface area (Å²) in [5.74, 6) is -1.85. The number of rotatable bonds is 6. The van der Waals surface area contributed by atoms with E-state index in [1.807, 2.05) is 0 Å². The number of amides is 2. The van der Waals surface area contributed by atoms with Gasteiger partial charge in [-0.25, -0.2) is 10.2 Å². The van der Waals surface area contributed by atoms with Gasteiger partial charge in [-0.1, -0.05) is 35.9 Å². The van der Waals surface area contributed by atoms with Gasteiger partial charge in [0.15, 0.2) is 11.5 Å². The summed E-state index contributed by atoms with van der Waals surface area (Å²) < 4.78 is 10.7. The van der Waals surface area contributed by atoms with Crippen molar-refractivity contribution in [3.05, 3.63) is 88.4 Å². The number of hydrogen-bond acceptors (Lipinski definition) is 6. The van der Waals surface area contributed by atoms with Crippen LogP contribution in [0.3, 0.4) is 0 Å². The number of anilines is 1. The minimum absolute atomic E-state index is 0.226. The summed E-state index contributed by atoms with van der Waals surface area (Å²) in [6, 6.07) is 18.2. The largest absolute Gasteiger partial charge is 0.493 e. The van der Waals surface area contributed by atoms with Crippen LogP contribution in [0.25, 0.3) is 0 Å². The highest BCUT2D eigenvalue weighted by molar-refractivity contribution is 6.40. The zero-order valence-corrected chi connectivity index (χ0v) is 18.6. The molecule has 0 aromatic heterocycles. The lowest BCUT2D eigenvalue weighted by Gasteiger charge is -2.10. The van der Waals surface area contributed by atoms with Gasteiger partial charge in [-0.15, -0.1) is 0 Å². The molecule has 0 saturated carbocycles. The summed E-state index contributed by atoms with van der Waals surface area (Å²) >= 11 is 6.01. The zero-order chi connectivity index (χ0) is 23.8. The van der Waals surface area contributed by atoms with Gasteiger partial charge in [0.1, 0.15) is 0 Å². The number of benzene rings is 3. The fourth-order valence-electron chi connectivity index (χ4n) is 2.72. The first-order valence-electron chi connectivity index (χ1n) is 9.74. The van der Waals surface area contributed by atoms with E-state index < -0.39 is 17.8 Å². The van der Waals surface area contributed by atoms with Crippen molar-refractivity contribution in [2.75, 3.05) is 12.4 Å². The van der Waals surface area contributed by atoms with E-state index in [0.29, 0.717) is 33.1 Å². The molecule has 0 aliphatic heterocycles. The van der Waals surface area contributed by atoms with Crippen LogP contribution in [0.5, 0.6) is 11.5 Å². The Labute approximate surface area is 195 Å². The Balaban J connectivity index is 1.61. The predicted octanol–water partition coefficient (Wildman–Crippen LogP) is 3.97. The number of methoxy groups -OCH3 is 1. The van der Waals surface area contributed by atoms with Crippen molar-refractivity contribution in [2.45, 2.75) is 6.92 Å². The van der Waals surface area contributed by atoms with Crippen molar-refractivity contribution < 1.29 is 23.9 Å². The molecule has 8 nitrogen and oxygen atoms in total. The van der Waals surface area contributed by atoms with Crippen molar-refractivity contribution in [3.8, 4) is 11.5 Å². The van der Waals surface area contributed by atoms with Crippen LogP contribution >= 0.6 is 11.6 Å². The minimum atomic E-state index is -0.953. The molecule has 2 N–H and O–H groups in total. The Morgan fingerprint density at radius 2 is 1.70 bits per heavy atom. The lowest BCUT2D eigenvalue weighted by atomic mass is 10.2. The summed E-state index contributed by atoms with van der Waals surface area (Å²) in [6.45, 7) is 1.72. The Bertz CT molecular complexity index is 1210. The van der Waals surface area contributed by atoms with Crippen LogP contribution in [0.2, 0.25) is 5.02 Å². The van der Waals surface area contributed by atoms with E-state index in [9.17, 15) is 14.4 Å². The van der Waals surface area contributed by atoms with Crippen LogP contribution < -0.4 is 20.2 Å². The van der Waals surface area contributed by atoms with Gasteiger partial charge in [-0.2, -0.15) is 5.10 Å². The van der Waals surface area contributed by atoms with Crippen molar-refractivity contribution in [1.82, 2.24) is 5.43 Å². The summed E-state index contributed by atoms with van der Waals surface area (Å²) in [6.07, 6.45) is 1.32. The molecule has 0 saturated heterocycles. The normalized spacial score (nSPS) is 10.5. The molecule has 2 amide bonds. The Hall–Kier alpha value is -4.17. The number of carbonyl (C=O) groups is 3. The third kappa shape index (κ3) is 6.18. The third-order valence-electron chi connectivity index (χ3n) is 4.50. The Morgan fingerprint density at radius 1 is 0.939 bits per heavy atom. The lowest BCUT2D eigenvalue weighted by molar-refractivity contribution is -0.136. The summed E-state index contributed by atoms with van der Waals surface area (Å²) in [4.78, 5) is 36.3. The maximum atomic E-state index is 12.3. The average Bonchev–Trinajstić information content (AvgIpc) is 2.83. The quantitative estimate of drug-likeness (QED) is 0.188. The molecule has 33 heavy (non-hydrogen) atoms. The topological polar surface area (TPSA) is 106 Å². The van der Waals surface area contributed by atoms with Crippen LogP contribution in [0.4, 0.5) is 5.69 Å². The molecule has 3 aromatic carbocycles. The number of ether oxygens (including phenoxy) is 2. The lowest BCUT2D eigenvalue weighted by Crippen LogP contribution is -2.32. The van der Waals surface area contributed by atoms with E-state index in [1.165, 1.54) is 19.4 Å². The van der Waals surface area contributed by atoms with Gasteiger partial charge >= 0.3 is 17.8 Å². The van der Waals surface area contributed by atoms with Gasteiger partial charge in [0, 0.05) is 10.7 Å². The molecule has 3 aromatic rings. The highest BCUT2D eigenvalue weighted by Gasteiger charge is 2.15. The highest BCUT2D eigenvalue weighted by atomic mass is 35.5. The number of hydrogen-bond donors (Lipinski definition) is 2. The molecule has 0 heterocycles. The first-order valence-corrected chi connectivity index (χ1v) is 10.1. The average molecular weight is 466 g/mol. The summed E-state index contributed by atoms with van der Waals surface area (Å²) in [5.41, 5.74) is 4.16. The van der Waals surface area contributed by atoms with Crippen LogP contribution in [-0.4, -0.2) is 31.1 Å². The van der Waals surface area contributed by atoms with Gasteiger partial charge in [0.2, 0.25) is 0 Å². The number of hydrazone groups is 1. The van der Waals surface area contributed by atoms with Gasteiger partial charge in [0.05, 0.1) is 18.9 Å². The first-order chi connectivity index (χ1) is 15.9. The van der Waals surface area contributed by atoms with E-state index in [1.54, 1.807) is 67.6 Å². The molecule has 0 bridgehead atoms. The van der Waals surface area contributed by atoms with Crippen molar-refractivity contribution >= 4 is 41.3 Å². The monoisotopic (exact) mass is 465 g/mol. The molecule has 9 heteroatoms. The fourth-order valence-corrected chi connectivity index (χ4v) is 2.89. The highest BCUT2D eigenvalue weighted by Crippen LogP contribution is 2.28. The second-order valence-corrected chi connectivity index (χ2v) is 7.14. The van der Waals surface area contributed by atoms with E-state index in [4.69, 9.17) is 21.1 Å². The number of carbonyl (C=O) groups excluding carboxylic acids is 3. The second kappa shape index (κ2) is 10.9. The molecule has 0 unspecified atom stereocenters. The van der Waals surface area contributed by atoms with Crippen LogP contribution in [0, 0.1) is 6.92 Å². The number of esters is 1. The smallest absolute Gasteiger partial charge is 0.343 e. The predicted molar refractivity (Wildman–Crippen MR) is 125 cm³/mol. The molecule has 0 aliphatic rings. The van der Waals surface area contributed by atoms with E-state index in [2.05, 4.69) is 15.8 Å². The van der Waals surface area contributed by atoms with Crippen molar-refractivity contribution in [2.24, 2.45) is 5.10 Å². The number of halogens is 1. The molecule has 0 fully saturated rings. The molecule has 0 radical (unpaired) electrons. The van der Waals surface area contributed by atoms with E-state index >= 15 is 0 Å². The molecule has 0 atom stereocenters. The van der Waals surface area contributed by atoms with Gasteiger partial charge in [0.25, 0.3) is 0 Å². The van der Waals surface area contributed by atoms with Gasteiger partial charge < -0.3 is 14.8 Å². The molecule has 0 spiro atoms. The zero-order valence-electron chi connectivity index (χ0n) is 17.8.